The molecule has 2 aliphatic carbocycles. The number of imide groups is 1. The van der Waals surface area contributed by atoms with Crippen LogP contribution in [0.2, 0.25) is 0 Å². The number of carbonyl (C=O) groups excluding carboxylic acids is 3. The highest BCUT2D eigenvalue weighted by Gasteiger charge is 2.47. The largest absolute Gasteiger partial charge is 0.353 e. The van der Waals surface area contributed by atoms with Crippen molar-refractivity contribution in [3.63, 3.8) is 0 Å². The fourth-order valence-electron chi connectivity index (χ4n) is 4.21. The number of amides is 3. The van der Waals surface area contributed by atoms with Gasteiger partial charge in [0.2, 0.25) is 17.7 Å². The summed E-state index contributed by atoms with van der Waals surface area (Å²) in [5.41, 5.74) is 0. The molecule has 3 rings (SSSR count). The number of nitrogens with zero attached hydrogens (tertiary/aromatic N) is 1. The van der Waals surface area contributed by atoms with Gasteiger partial charge in [-0.1, -0.05) is 32.1 Å². The highest BCUT2D eigenvalue weighted by molar-refractivity contribution is 6.05. The van der Waals surface area contributed by atoms with E-state index in [0.29, 0.717) is 0 Å². The molecule has 3 amide bonds. The van der Waals surface area contributed by atoms with Crippen LogP contribution in [0, 0.1) is 11.8 Å². The summed E-state index contributed by atoms with van der Waals surface area (Å²) >= 11 is 0. The first-order chi connectivity index (χ1) is 10.7. The van der Waals surface area contributed by atoms with Crippen molar-refractivity contribution >= 4 is 17.7 Å². The molecule has 1 N–H and O–H groups in total. The predicted octanol–water partition coefficient (Wildman–Crippen LogP) is 2.00. The minimum atomic E-state index is -0.109. The van der Waals surface area contributed by atoms with Crippen molar-refractivity contribution in [3.05, 3.63) is 0 Å². The van der Waals surface area contributed by atoms with E-state index >= 15 is 0 Å². The molecule has 2 atom stereocenters. The van der Waals surface area contributed by atoms with Crippen LogP contribution < -0.4 is 5.32 Å². The Hall–Kier alpha value is -1.39. The molecule has 0 radical (unpaired) electrons. The molecule has 1 aliphatic heterocycles. The third-order valence-electron chi connectivity index (χ3n) is 5.47. The van der Waals surface area contributed by atoms with Crippen LogP contribution >= 0.6 is 0 Å². The van der Waals surface area contributed by atoms with Crippen molar-refractivity contribution in [2.75, 3.05) is 6.54 Å². The zero-order valence-corrected chi connectivity index (χ0v) is 13.2. The maximum Gasteiger partial charge on any atom is 0.233 e. The minimum Gasteiger partial charge on any atom is -0.353 e. The van der Waals surface area contributed by atoms with Crippen molar-refractivity contribution in [1.29, 1.82) is 0 Å². The zero-order chi connectivity index (χ0) is 15.5. The average molecular weight is 306 g/mol. The molecule has 3 fully saturated rings. The minimum absolute atomic E-state index is 0.0256. The van der Waals surface area contributed by atoms with Crippen LogP contribution in [-0.4, -0.2) is 35.2 Å². The SMILES string of the molecule is O=C(CCN1C(=O)[C@H]2CCCC[C@@H]2C1=O)NC1CCCCC1. The summed E-state index contributed by atoms with van der Waals surface area (Å²) in [6.45, 7) is 0.253. The molecule has 5 nitrogen and oxygen atoms in total. The fraction of sp³-hybridized carbons (Fsp3) is 0.824. The monoisotopic (exact) mass is 306 g/mol. The second kappa shape index (κ2) is 6.80. The normalized spacial score (nSPS) is 29.5. The maximum absolute atomic E-state index is 12.3. The molecular formula is C17H26N2O3. The van der Waals surface area contributed by atoms with E-state index in [1.165, 1.54) is 24.2 Å². The van der Waals surface area contributed by atoms with Gasteiger partial charge in [0.05, 0.1) is 11.8 Å². The van der Waals surface area contributed by atoms with Crippen LogP contribution in [0.15, 0.2) is 0 Å². The van der Waals surface area contributed by atoms with E-state index in [1.807, 2.05) is 0 Å². The molecule has 0 aromatic carbocycles. The number of hydrogen-bond donors (Lipinski definition) is 1. The predicted molar refractivity (Wildman–Crippen MR) is 81.8 cm³/mol. The van der Waals surface area contributed by atoms with E-state index in [-0.39, 0.29) is 48.6 Å². The number of fused-ring (bicyclic) bond motifs is 1. The van der Waals surface area contributed by atoms with E-state index in [1.54, 1.807) is 0 Å². The zero-order valence-electron chi connectivity index (χ0n) is 13.2. The first kappa shape index (κ1) is 15.5. The van der Waals surface area contributed by atoms with Gasteiger partial charge in [-0.25, -0.2) is 0 Å². The van der Waals surface area contributed by atoms with Crippen molar-refractivity contribution in [1.82, 2.24) is 10.2 Å². The van der Waals surface area contributed by atoms with E-state index in [2.05, 4.69) is 5.32 Å². The lowest BCUT2D eigenvalue weighted by Crippen LogP contribution is -2.39. The molecule has 1 heterocycles. The van der Waals surface area contributed by atoms with E-state index < -0.39 is 0 Å². The Balaban J connectivity index is 1.49. The van der Waals surface area contributed by atoms with E-state index in [9.17, 15) is 14.4 Å². The topological polar surface area (TPSA) is 66.5 Å². The average Bonchev–Trinajstić information content (AvgIpc) is 2.78. The van der Waals surface area contributed by atoms with Gasteiger partial charge < -0.3 is 5.32 Å². The van der Waals surface area contributed by atoms with Crippen LogP contribution in [0.5, 0.6) is 0 Å². The Morgan fingerprint density at radius 2 is 1.45 bits per heavy atom. The van der Waals surface area contributed by atoms with Crippen molar-refractivity contribution in [2.45, 2.75) is 70.3 Å². The van der Waals surface area contributed by atoms with Crippen molar-refractivity contribution < 1.29 is 14.4 Å². The summed E-state index contributed by atoms with van der Waals surface area (Å²) in [7, 11) is 0. The molecular weight excluding hydrogens is 280 g/mol. The Morgan fingerprint density at radius 1 is 0.909 bits per heavy atom. The van der Waals surface area contributed by atoms with Gasteiger partial charge in [0.15, 0.2) is 0 Å². The summed E-state index contributed by atoms with van der Waals surface area (Å²) in [6, 6.07) is 0.286. The van der Waals surface area contributed by atoms with Crippen LogP contribution in [-0.2, 0) is 14.4 Å². The number of carbonyl (C=O) groups is 3. The first-order valence-electron chi connectivity index (χ1n) is 8.81. The van der Waals surface area contributed by atoms with Crippen LogP contribution in [0.3, 0.4) is 0 Å². The van der Waals surface area contributed by atoms with Gasteiger partial charge in [-0.3, -0.25) is 19.3 Å². The summed E-state index contributed by atoms with van der Waals surface area (Å²) in [5.74, 6) is -0.326. The van der Waals surface area contributed by atoms with Crippen molar-refractivity contribution in [2.24, 2.45) is 11.8 Å². The molecule has 0 unspecified atom stereocenters. The van der Waals surface area contributed by atoms with Gasteiger partial charge in [0.1, 0.15) is 0 Å². The second-order valence-electron chi connectivity index (χ2n) is 6.98. The Kier molecular flexibility index (Phi) is 4.79. The van der Waals surface area contributed by atoms with Gasteiger partial charge in [0.25, 0.3) is 0 Å². The lowest BCUT2D eigenvalue weighted by atomic mass is 9.81. The van der Waals surface area contributed by atoms with Gasteiger partial charge in [-0.2, -0.15) is 0 Å². The number of hydrogen-bond acceptors (Lipinski definition) is 3. The Bertz CT molecular complexity index is 433. The molecule has 0 spiro atoms. The standard InChI is InChI=1S/C17H26N2O3/c20-15(18-12-6-2-1-3-7-12)10-11-19-16(21)13-8-4-5-9-14(13)17(19)22/h12-14H,1-11H2,(H,18,20)/t13-,14-/m0/s1. The summed E-state index contributed by atoms with van der Waals surface area (Å²) in [6.07, 6.45) is 9.70. The van der Waals surface area contributed by atoms with Crippen LogP contribution in [0.1, 0.15) is 64.2 Å². The Labute approximate surface area is 131 Å². The van der Waals surface area contributed by atoms with E-state index in [0.717, 1.165) is 38.5 Å². The number of nitrogens with one attached hydrogen (secondary N) is 1. The summed E-state index contributed by atoms with van der Waals surface area (Å²) < 4.78 is 0. The molecule has 2 saturated carbocycles. The van der Waals surface area contributed by atoms with Crippen LogP contribution in [0.4, 0.5) is 0 Å². The first-order valence-corrected chi connectivity index (χ1v) is 8.81. The molecule has 122 valence electrons. The molecule has 0 bridgehead atoms. The molecule has 22 heavy (non-hydrogen) atoms. The Morgan fingerprint density at radius 3 is 2.05 bits per heavy atom. The van der Waals surface area contributed by atoms with Gasteiger partial charge >= 0.3 is 0 Å². The second-order valence-corrected chi connectivity index (χ2v) is 6.98. The summed E-state index contributed by atoms with van der Waals surface area (Å²) in [4.78, 5) is 38.0. The lowest BCUT2D eigenvalue weighted by Gasteiger charge is -2.23. The molecule has 3 aliphatic rings. The molecule has 0 aromatic rings. The number of likely N-dealkylation sites (tertiary alicyclic amines) is 1. The third-order valence-corrected chi connectivity index (χ3v) is 5.47. The van der Waals surface area contributed by atoms with Crippen LogP contribution in [0.25, 0.3) is 0 Å². The molecule has 0 aromatic heterocycles. The summed E-state index contributed by atoms with van der Waals surface area (Å²) in [5, 5.41) is 3.05. The smallest absolute Gasteiger partial charge is 0.233 e. The maximum atomic E-state index is 12.3. The number of rotatable bonds is 4. The molecule has 1 saturated heterocycles. The lowest BCUT2D eigenvalue weighted by molar-refractivity contribution is -0.140. The molecule has 5 heteroatoms. The van der Waals surface area contributed by atoms with Crippen molar-refractivity contribution in [3.8, 4) is 0 Å². The highest BCUT2D eigenvalue weighted by Crippen LogP contribution is 2.37. The quantitative estimate of drug-likeness (QED) is 0.808. The third kappa shape index (κ3) is 3.18. The van der Waals surface area contributed by atoms with Gasteiger partial charge in [0, 0.05) is 19.0 Å². The fourth-order valence-corrected chi connectivity index (χ4v) is 4.21. The van der Waals surface area contributed by atoms with Gasteiger partial charge in [-0.05, 0) is 25.7 Å². The van der Waals surface area contributed by atoms with Gasteiger partial charge in [-0.15, -0.1) is 0 Å². The van der Waals surface area contributed by atoms with E-state index in [4.69, 9.17) is 0 Å². The highest BCUT2D eigenvalue weighted by atomic mass is 16.2.